The number of hydrogen-bond donors (Lipinski definition) is 0. The maximum atomic E-state index is 6.71. The Bertz CT molecular complexity index is 2670. The average molecular weight is 578 g/mol. The molecule has 0 radical (unpaired) electrons. The standard InChI is InChI=1S/C40H23N3O2/c1-3-13-24(14-4-1)29-23-33(42-40(41-29)25-15-5-2-6-16-25)43-30-20-10-7-17-26(30)34-37(43)35-27-18-8-11-21-31(27)44-39(35)36-28-19-9-12-22-32(28)45-38(34)36/h1-23H. The highest BCUT2D eigenvalue weighted by Crippen LogP contribution is 2.48. The minimum Gasteiger partial charge on any atom is -0.455 e. The molecule has 5 nitrogen and oxygen atoms in total. The van der Waals surface area contributed by atoms with Crippen LogP contribution in [0, 0.1) is 0 Å². The first-order valence-corrected chi connectivity index (χ1v) is 15.0. The molecule has 0 spiro atoms. The van der Waals surface area contributed by atoms with Gasteiger partial charge in [0, 0.05) is 33.4 Å². The Morgan fingerprint density at radius 2 is 1.00 bits per heavy atom. The maximum Gasteiger partial charge on any atom is 0.162 e. The van der Waals surface area contributed by atoms with Crippen LogP contribution in [0.15, 0.2) is 148 Å². The maximum absolute atomic E-state index is 6.71. The molecule has 0 aliphatic rings. The summed E-state index contributed by atoms with van der Waals surface area (Å²) in [5, 5.41) is 6.24. The summed E-state index contributed by atoms with van der Waals surface area (Å²) >= 11 is 0. The van der Waals surface area contributed by atoms with Crippen molar-refractivity contribution in [3.63, 3.8) is 0 Å². The first-order chi connectivity index (χ1) is 22.3. The lowest BCUT2D eigenvalue weighted by Crippen LogP contribution is -2.02. The van der Waals surface area contributed by atoms with Crippen molar-refractivity contribution in [1.82, 2.24) is 14.5 Å². The first kappa shape index (κ1) is 24.3. The number of furan rings is 2. The minimum absolute atomic E-state index is 0.663. The van der Waals surface area contributed by atoms with E-state index in [4.69, 9.17) is 18.8 Å². The van der Waals surface area contributed by atoms with Gasteiger partial charge in [-0.2, -0.15) is 0 Å². The van der Waals surface area contributed by atoms with Gasteiger partial charge in [-0.3, -0.25) is 4.57 Å². The molecule has 0 atom stereocenters. The first-order valence-electron chi connectivity index (χ1n) is 15.0. The molecular weight excluding hydrogens is 554 g/mol. The molecule has 0 amide bonds. The van der Waals surface area contributed by atoms with Crippen molar-refractivity contribution in [3.05, 3.63) is 140 Å². The van der Waals surface area contributed by atoms with E-state index < -0.39 is 0 Å². The summed E-state index contributed by atoms with van der Waals surface area (Å²) in [5.74, 6) is 1.44. The number of fused-ring (bicyclic) bond motifs is 12. The molecular formula is C40H23N3O2. The van der Waals surface area contributed by atoms with Crippen LogP contribution in [0.5, 0.6) is 0 Å². The predicted octanol–water partition coefficient (Wildman–Crippen LogP) is 10.7. The van der Waals surface area contributed by atoms with Crippen molar-refractivity contribution < 1.29 is 8.83 Å². The van der Waals surface area contributed by atoms with Crippen LogP contribution in [0.3, 0.4) is 0 Å². The highest BCUT2D eigenvalue weighted by atomic mass is 16.3. The summed E-state index contributed by atoms with van der Waals surface area (Å²) in [6.07, 6.45) is 0. The van der Waals surface area contributed by atoms with Crippen molar-refractivity contribution in [3.8, 4) is 28.5 Å². The Labute approximate surface area is 256 Å². The summed E-state index contributed by atoms with van der Waals surface area (Å²) < 4.78 is 15.7. The molecule has 10 aromatic rings. The number of rotatable bonds is 3. The number of aromatic nitrogens is 3. The van der Waals surface area contributed by atoms with Gasteiger partial charge in [-0.25, -0.2) is 9.97 Å². The van der Waals surface area contributed by atoms with Gasteiger partial charge in [-0.1, -0.05) is 115 Å². The molecule has 0 N–H and O–H groups in total. The summed E-state index contributed by atoms with van der Waals surface area (Å²) in [7, 11) is 0. The van der Waals surface area contributed by atoms with E-state index >= 15 is 0 Å². The Hall–Kier alpha value is -6.20. The predicted molar refractivity (Wildman–Crippen MR) is 182 cm³/mol. The second-order valence-corrected chi connectivity index (χ2v) is 11.3. The van der Waals surface area contributed by atoms with Gasteiger partial charge < -0.3 is 8.83 Å². The van der Waals surface area contributed by atoms with Crippen molar-refractivity contribution >= 4 is 65.7 Å². The Balaban J connectivity index is 1.45. The minimum atomic E-state index is 0.663. The molecule has 6 aromatic carbocycles. The second kappa shape index (κ2) is 9.15. The van der Waals surface area contributed by atoms with Gasteiger partial charge in [-0.05, 0) is 18.2 Å². The zero-order valence-electron chi connectivity index (χ0n) is 23.9. The van der Waals surface area contributed by atoms with Crippen LogP contribution in [0.25, 0.3) is 94.1 Å². The molecule has 10 rings (SSSR count). The molecule has 0 aliphatic carbocycles. The SMILES string of the molecule is c1ccc(-c2cc(-n3c4ccccc4c4c5oc6ccccc6c5c5oc6ccccc6c5c43)nc(-c3ccccc3)n2)cc1. The van der Waals surface area contributed by atoms with Crippen LogP contribution in [-0.4, -0.2) is 14.5 Å². The lowest BCUT2D eigenvalue weighted by atomic mass is 10.0. The van der Waals surface area contributed by atoms with Gasteiger partial charge in [-0.15, -0.1) is 0 Å². The van der Waals surface area contributed by atoms with Crippen molar-refractivity contribution in [1.29, 1.82) is 0 Å². The fraction of sp³-hybridized carbons (Fsp3) is 0. The van der Waals surface area contributed by atoms with Gasteiger partial charge in [0.05, 0.1) is 32.9 Å². The number of nitrogens with zero attached hydrogens (tertiary/aromatic N) is 3. The molecule has 45 heavy (non-hydrogen) atoms. The van der Waals surface area contributed by atoms with Crippen LogP contribution in [0.4, 0.5) is 0 Å². The molecule has 0 bridgehead atoms. The lowest BCUT2D eigenvalue weighted by Gasteiger charge is -2.12. The summed E-state index contributed by atoms with van der Waals surface area (Å²) in [6, 6.07) is 47.5. The van der Waals surface area contributed by atoms with Crippen LogP contribution < -0.4 is 0 Å². The van der Waals surface area contributed by atoms with Crippen LogP contribution in [0.1, 0.15) is 0 Å². The van der Waals surface area contributed by atoms with Gasteiger partial charge in [0.2, 0.25) is 0 Å². The fourth-order valence-corrected chi connectivity index (χ4v) is 6.87. The Morgan fingerprint density at radius 3 is 1.69 bits per heavy atom. The van der Waals surface area contributed by atoms with E-state index in [9.17, 15) is 0 Å². The third kappa shape index (κ3) is 3.43. The lowest BCUT2D eigenvalue weighted by molar-refractivity contribution is 0.665. The second-order valence-electron chi connectivity index (χ2n) is 11.3. The Kier molecular flexibility index (Phi) is 4.93. The molecule has 4 heterocycles. The van der Waals surface area contributed by atoms with E-state index in [2.05, 4.69) is 83.4 Å². The molecule has 0 unspecified atom stereocenters. The zero-order chi connectivity index (χ0) is 29.5. The van der Waals surface area contributed by atoms with Crippen LogP contribution in [-0.2, 0) is 0 Å². The highest BCUT2D eigenvalue weighted by Gasteiger charge is 2.27. The molecule has 0 aliphatic heterocycles. The molecule has 0 saturated heterocycles. The van der Waals surface area contributed by atoms with Gasteiger partial charge in [0.25, 0.3) is 0 Å². The van der Waals surface area contributed by atoms with Crippen LogP contribution >= 0.6 is 0 Å². The summed E-state index contributed by atoms with van der Waals surface area (Å²) in [5.41, 5.74) is 8.15. The Morgan fingerprint density at radius 1 is 0.467 bits per heavy atom. The van der Waals surface area contributed by atoms with E-state index in [1.807, 2.05) is 60.7 Å². The van der Waals surface area contributed by atoms with E-state index in [0.29, 0.717) is 5.82 Å². The third-order valence-electron chi connectivity index (χ3n) is 8.80. The molecule has 210 valence electrons. The van der Waals surface area contributed by atoms with Crippen molar-refractivity contribution in [2.24, 2.45) is 0 Å². The van der Waals surface area contributed by atoms with Crippen molar-refractivity contribution in [2.45, 2.75) is 0 Å². The normalized spacial score (nSPS) is 12.0. The largest absolute Gasteiger partial charge is 0.455 e. The number of benzene rings is 6. The summed E-state index contributed by atoms with van der Waals surface area (Å²) in [4.78, 5) is 10.3. The smallest absolute Gasteiger partial charge is 0.162 e. The highest BCUT2D eigenvalue weighted by molar-refractivity contribution is 6.37. The molecule has 4 aromatic heterocycles. The van der Waals surface area contributed by atoms with Gasteiger partial charge >= 0.3 is 0 Å². The quantitative estimate of drug-likeness (QED) is 0.210. The van der Waals surface area contributed by atoms with E-state index in [1.54, 1.807) is 0 Å². The van der Waals surface area contributed by atoms with E-state index in [-0.39, 0.29) is 0 Å². The molecule has 5 heteroatoms. The van der Waals surface area contributed by atoms with Gasteiger partial charge in [0.1, 0.15) is 28.1 Å². The summed E-state index contributed by atoms with van der Waals surface area (Å²) in [6.45, 7) is 0. The monoisotopic (exact) mass is 577 g/mol. The molecule has 0 saturated carbocycles. The number of para-hydroxylation sites is 3. The zero-order valence-corrected chi connectivity index (χ0v) is 23.9. The average Bonchev–Trinajstić information content (AvgIpc) is 3.78. The number of hydrogen-bond acceptors (Lipinski definition) is 4. The topological polar surface area (TPSA) is 57.0 Å². The molecule has 0 fully saturated rings. The van der Waals surface area contributed by atoms with E-state index in [1.165, 1.54) is 0 Å². The van der Waals surface area contributed by atoms with Crippen molar-refractivity contribution in [2.75, 3.05) is 0 Å². The third-order valence-corrected chi connectivity index (χ3v) is 8.80. The van der Waals surface area contributed by atoms with Crippen LogP contribution in [0.2, 0.25) is 0 Å². The fourth-order valence-electron chi connectivity index (χ4n) is 6.87. The van der Waals surface area contributed by atoms with Gasteiger partial charge in [0.15, 0.2) is 5.82 Å². The van der Waals surface area contributed by atoms with E-state index in [0.717, 1.165) is 88.3 Å².